The number of benzene rings is 1. The maximum Gasteiger partial charge on any atom is 0.269 e. The van der Waals surface area contributed by atoms with Gasteiger partial charge < -0.3 is 15.4 Å². The van der Waals surface area contributed by atoms with Crippen molar-refractivity contribution in [3.63, 3.8) is 0 Å². The fourth-order valence-electron chi connectivity index (χ4n) is 2.92. The first-order chi connectivity index (χ1) is 12.0. The van der Waals surface area contributed by atoms with Crippen LogP contribution in [0.5, 0.6) is 0 Å². The minimum absolute atomic E-state index is 0.122. The van der Waals surface area contributed by atoms with E-state index in [0.29, 0.717) is 17.3 Å². The number of anilines is 2. The molecule has 0 spiro atoms. The Balaban J connectivity index is 1.63. The Morgan fingerprint density at radius 2 is 2.20 bits per heavy atom. The van der Waals surface area contributed by atoms with Gasteiger partial charge in [-0.3, -0.25) is 4.79 Å². The van der Waals surface area contributed by atoms with Crippen molar-refractivity contribution in [3.05, 3.63) is 52.3 Å². The second-order valence-corrected chi connectivity index (χ2v) is 6.75. The molecule has 1 fully saturated rings. The number of rotatable bonds is 5. The van der Waals surface area contributed by atoms with Gasteiger partial charge >= 0.3 is 0 Å². The molecule has 1 unspecified atom stereocenters. The average molecular weight is 360 g/mol. The molecule has 2 heterocycles. The van der Waals surface area contributed by atoms with Crippen molar-refractivity contribution in [2.24, 2.45) is 0 Å². The molecule has 25 heavy (non-hydrogen) atoms. The van der Waals surface area contributed by atoms with E-state index in [1.54, 1.807) is 12.3 Å². The second kappa shape index (κ2) is 7.85. The number of nitrogens with zero attached hydrogens (tertiary/aromatic N) is 1. The van der Waals surface area contributed by atoms with Crippen molar-refractivity contribution in [2.45, 2.75) is 32.8 Å². The maximum atomic E-state index is 12.1. The molecule has 1 saturated heterocycles. The Morgan fingerprint density at radius 1 is 1.36 bits per heavy atom. The number of carbonyl (C=O) groups is 1. The average Bonchev–Trinajstić information content (AvgIpc) is 3.10. The molecular formula is C19H22ClN3O2. The Labute approximate surface area is 152 Å². The first-order valence-corrected chi connectivity index (χ1v) is 8.80. The van der Waals surface area contributed by atoms with E-state index in [-0.39, 0.29) is 12.0 Å². The van der Waals surface area contributed by atoms with Crippen molar-refractivity contribution < 1.29 is 9.53 Å². The van der Waals surface area contributed by atoms with Crippen molar-refractivity contribution in [2.75, 3.05) is 18.5 Å². The van der Waals surface area contributed by atoms with Crippen LogP contribution in [0.15, 0.2) is 30.5 Å². The molecule has 1 aromatic carbocycles. The van der Waals surface area contributed by atoms with Crippen LogP contribution in [0.1, 0.15) is 34.5 Å². The molecule has 0 saturated carbocycles. The summed E-state index contributed by atoms with van der Waals surface area (Å²) in [5.41, 5.74) is 4.19. The van der Waals surface area contributed by atoms with Crippen molar-refractivity contribution in [1.82, 2.24) is 10.3 Å². The first kappa shape index (κ1) is 17.7. The molecule has 2 aromatic rings. The van der Waals surface area contributed by atoms with Gasteiger partial charge in [0, 0.05) is 13.2 Å². The monoisotopic (exact) mass is 359 g/mol. The van der Waals surface area contributed by atoms with Gasteiger partial charge in [0.2, 0.25) is 0 Å². The predicted octanol–water partition coefficient (Wildman–Crippen LogP) is 4.00. The third kappa shape index (κ3) is 4.50. The van der Waals surface area contributed by atoms with Crippen LogP contribution in [-0.2, 0) is 4.74 Å². The van der Waals surface area contributed by atoms with Gasteiger partial charge in [-0.05, 0) is 56.0 Å². The van der Waals surface area contributed by atoms with Gasteiger partial charge in [-0.1, -0.05) is 17.7 Å². The zero-order valence-electron chi connectivity index (χ0n) is 14.4. The van der Waals surface area contributed by atoms with Crippen molar-refractivity contribution >= 4 is 28.9 Å². The van der Waals surface area contributed by atoms with Crippen molar-refractivity contribution in [1.29, 1.82) is 0 Å². The Kier molecular flexibility index (Phi) is 5.56. The highest BCUT2D eigenvalue weighted by Crippen LogP contribution is 2.30. The normalized spacial score (nSPS) is 16.7. The molecule has 1 amide bonds. The summed E-state index contributed by atoms with van der Waals surface area (Å²) in [5, 5.41) is 6.79. The number of halogens is 1. The molecule has 3 rings (SSSR count). The Hall–Kier alpha value is -2.11. The van der Waals surface area contributed by atoms with E-state index in [1.807, 2.05) is 26.0 Å². The zero-order chi connectivity index (χ0) is 17.8. The quantitative estimate of drug-likeness (QED) is 0.846. The number of ether oxygens (including phenoxy) is 1. The Morgan fingerprint density at radius 3 is 2.84 bits per heavy atom. The molecule has 1 atom stereocenters. The van der Waals surface area contributed by atoms with Gasteiger partial charge in [0.05, 0.1) is 28.7 Å². The third-order valence-corrected chi connectivity index (χ3v) is 4.51. The van der Waals surface area contributed by atoms with E-state index < -0.39 is 0 Å². The predicted molar refractivity (Wildman–Crippen MR) is 99.8 cm³/mol. The molecule has 0 bridgehead atoms. The summed E-state index contributed by atoms with van der Waals surface area (Å²) in [4.78, 5) is 16.4. The number of hydrogen-bond donors (Lipinski definition) is 2. The summed E-state index contributed by atoms with van der Waals surface area (Å²) in [6, 6.07) is 7.50. The minimum Gasteiger partial charge on any atom is -0.376 e. The fourth-order valence-corrected chi connectivity index (χ4v) is 3.29. The number of hydrogen-bond acceptors (Lipinski definition) is 4. The molecule has 6 heteroatoms. The summed E-state index contributed by atoms with van der Waals surface area (Å²) in [6.07, 6.45) is 3.81. The summed E-state index contributed by atoms with van der Waals surface area (Å²) in [5.74, 6) is -0.188. The largest absolute Gasteiger partial charge is 0.376 e. The number of pyridine rings is 1. The van der Waals surface area contributed by atoms with E-state index in [1.165, 1.54) is 0 Å². The van der Waals surface area contributed by atoms with Gasteiger partial charge in [-0.15, -0.1) is 0 Å². The van der Waals surface area contributed by atoms with E-state index >= 15 is 0 Å². The van der Waals surface area contributed by atoms with E-state index in [0.717, 1.165) is 42.0 Å². The van der Waals surface area contributed by atoms with Crippen molar-refractivity contribution in [3.8, 4) is 0 Å². The second-order valence-electron chi connectivity index (χ2n) is 6.34. The van der Waals surface area contributed by atoms with Gasteiger partial charge in [-0.2, -0.15) is 0 Å². The number of amides is 1. The first-order valence-electron chi connectivity index (χ1n) is 8.42. The molecule has 5 nitrogen and oxygen atoms in total. The van der Waals surface area contributed by atoms with Gasteiger partial charge in [0.15, 0.2) is 0 Å². The van der Waals surface area contributed by atoms with Crippen LogP contribution in [0.2, 0.25) is 5.02 Å². The Bertz CT molecular complexity index is 733. The summed E-state index contributed by atoms with van der Waals surface area (Å²) in [7, 11) is 0. The molecule has 132 valence electrons. The molecule has 1 aromatic heterocycles. The molecule has 0 aliphatic carbocycles. The smallest absolute Gasteiger partial charge is 0.269 e. The van der Waals surface area contributed by atoms with Gasteiger partial charge in [-0.25, -0.2) is 4.98 Å². The fraction of sp³-hybridized carbons (Fsp3) is 0.368. The molecule has 1 aliphatic heterocycles. The molecule has 2 N–H and O–H groups in total. The standard InChI is InChI=1S/C19H22ClN3O2/c1-12-8-13(2)18(16(20)9-12)23-14-5-6-17(21-10-14)19(24)22-11-15-4-3-7-25-15/h5-6,8-10,15,23H,3-4,7,11H2,1-2H3,(H,22,24). The SMILES string of the molecule is Cc1cc(C)c(Nc2ccc(C(=O)NCC3CCCO3)nc2)c(Cl)c1. The lowest BCUT2D eigenvalue weighted by atomic mass is 10.1. The molecule has 0 radical (unpaired) electrons. The van der Waals surface area contributed by atoms with E-state index in [2.05, 4.69) is 21.7 Å². The van der Waals surface area contributed by atoms with Crippen LogP contribution >= 0.6 is 11.6 Å². The number of aryl methyl sites for hydroxylation is 2. The lowest BCUT2D eigenvalue weighted by Crippen LogP contribution is -2.32. The van der Waals surface area contributed by atoms with Crippen LogP contribution in [0.4, 0.5) is 11.4 Å². The highest BCUT2D eigenvalue weighted by atomic mass is 35.5. The van der Waals surface area contributed by atoms with Crippen LogP contribution in [0.25, 0.3) is 0 Å². The molecular weight excluding hydrogens is 338 g/mol. The lowest BCUT2D eigenvalue weighted by molar-refractivity contribution is 0.0854. The lowest BCUT2D eigenvalue weighted by Gasteiger charge is -2.13. The number of carbonyl (C=O) groups excluding carboxylic acids is 1. The summed E-state index contributed by atoms with van der Waals surface area (Å²) >= 11 is 6.31. The zero-order valence-corrected chi connectivity index (χ0v) is 15.2. The molecule has 1 aliphatic rings. The van der Waals surface area contributed by atoms with Gasteiger partial charge in [0.25, 0.3) is 5.91 Å². The minimum atomic E-state index is -0.188. The van der Waals surface area contributed by atoms with Crippen LogP contribution in [0, 0.1) is 13.8 Å². The third-order valence-electron chi connectivity index (χ3n) is 4.21. The topological polar surface area (TPSA) is 63.2 Å². The van der Waals surface area contributed by atoms with E-state index in [9.17, 15) is 4.79 Å². The maximum absolute atomic E-state index is 12.1. The van der Waals surface area contributed by atoms with E-state index in [4.69, 9.17) is 16.3 Å². The van der Waals surface area contributed by atoms with Crippen LogP contribution in [0.3, 0.4) is 0 Å². The number of nitrogens with one attached hydrogen (secondary N) is 2. The highest BCUT2D eigenvalue weighted by Gasteiger charge is 2.17. The van der Waals surface area contributed by atoms with Crippen LogP contribution < -0.4 is 10.6 Å². The van der Waals surface area contributed by atoms with Gasteiger partial charge in [0.1, 0.15) is 5.69 Å². The summed E-state index contributed by atoms with van der Waals surface area (Å²) < 4.78 is 5.50. The highest BCUT2D eigenvalue weighted by molar-refractivity contribution is 6.33. The number of aromatic nitrogens is 1. The summed E-state index contributed by atoms with van der Waals surface area (Å²) in [6.45, 7) is 5.31. The van der Waals surface area contributed by atoms with Crippen LogP contribution in [-0.4, -0.2) is 30.1 Å².